The first-order valence-corrected chi connectivity index (χ1v) is 10.4. The summed E-state index contributed by atoms with van der Waals surface area (Å²) in [6.07, 6.45) is 2.49. The average molecular weight is 399 g/mol. The Bertz CT molecular complexity index is 1050. The largest absolute Gasteiger partial charge is 0.469 e. The van der Waals surface area contributed by atoms with Gasteiger partial charge in [-0.05, 0) is 32.3 Å². The standard InChI is InChI=1S/C22H26N2O3S/c1-5-7-17-23-21-20(22(26)24(17)13-6-8-18(25)27-4)19(15(3)28-21)16-11-9-14(2)10-12-16/h9-12H,5-8,13H2,1-4H3. The molecule has 0 N–H and O–H groups in total. The van der Waals surface area contributed by atoms with Gasteiger partial charge in [0.1, 0.15) is 10.7 Å². The fourth-order valence-corrected chi connectivity index (χ4v) is 4.49. The molecule has 0 saturated carbocycles. The molecular weight excluding hydrogens is 372 g/mol. The number of nitrogens with zero attached hydrogens (tertiary/aromatic N) is 2. The van der Waals surface area contributed by atoms with Gasteiger partial charge in [-0.25, -0.2) is 4.98 Å². The van der Waals surface area contributed by atoms with E-state index >= 15 is 0 Å². The lowest BCUT2D eigenvalue weighted by molar-refractivity contribution is -0.140. The number of hydrogen-bond donors (Lipinski definition) is 0. The van der Waals surface area contributed by atoms with E-state index in [4.69, 9.17) is 9.72 Å². The minimum atomic E-state index is -0.258. The smallest absolute Gasteiger partial charge is 0.305 e. The van der Waals surface area contributed by atoms with E-state index in [1.54, 1.807) is 15.9 Å². The Balaban J connectivity index is 2.13. The normalized spacial score (nSPS) is 11.1. The Morgan fingerprint density at radius 3 is 2.57 bits per heavy atom. The first-order valence-electron chi connectivity index (χ1n) is 9.63. The molecule has 0 aliphatic carbocycles. The van der Waals surface area contributed by atoms with E-state index in [0.717, 1.165) is 39.5 Å². The van der Waals surface area contributed by atoms with Crippen molar-refractivity contribution < 1.29 is 9.53 Å². The van der Waals surface area contributed by atoms with Crippen LogP contribution in [0.15, 0.2) is 29.1 Å². The highest BCUT2D eigenvalue weighted by molar-refractivity contribution is 7.19. The maximum absolute atomic E-state index is 13.5. The molecule has 5 nitrogen and oxygen atoms in total. The molecule has 0 aliphatic heterocycles. The van der Waals surface area contributed by atoms with Crippen LogP contribution in [0.25, 0.3) is 21.3 Å². The monoisotopic (exact) mass is 398 g/mol. The van der Waals surface area contributed by atoms with Crippen LogP contribution in [0.1, 0.15) is 42.5 Å². The van der Waals surface area contributed by atoms with Crippen LogP contribution in [0, 0.1) is 13.8 Å². The van der Waals surface area contributed by atoms with E-state index in [1.807, 2.05) is 6.92 Å². The van der Waals surface area contributed by atoms with Crippen LogP contribution >= 0.6 is 11.3 Å². The fourth-order valence-electron chi connectivity index (χ4n) is 3.43. The van der Waals surface area contributed by atoms with E-state index in [-0.39, 0.29) is 11.5 Å². The van der Waals surface area contributed by atoms with E-state index < -0.39 is 0 Å². The second-order valence-corrected chi connectivity index (χ2v) is 8.20. The molecule has 28 heavy (non-hydrogen) atoms. The van der Waals surface area contributed by atoms with Crippen molar-refractivity contribution in [3.63, 3.8) is 0 Å². The molecule has 0 amide bonds. The van der Waals surface area contributed by atoms with Crippen LogP contribution in [0.3, 0.4) is 0 Å². The van der Waals surface area contributed by atoms with E-state index in [2.05, 4.69) is 38.1 Å². The van der Waals surface area contributed by atoms with Gasteiger partial charge in [0.05, 0.1) is 12.5 Å². The first kappa shape index (κ1) is 20.3. The van der Waals surface area contributed by atoms with Crippen LogP contribution in [0.5, 0.6) is 0 Å². The molecule has 0 aliphatic rings. The Morgan fingerprint density at radius 2 is 1.93 bits per heavy atom. The highest BCUT2D eigenvalue weighted by Gasteiger charge is 2.19. The lowest BCUT2D eigenvalue weighted by atomic mass is 10.0. The van der Waals surface area contributed by atoms with Crippen LogP contribution in [-0.2, 0) is 22.5 Å². The minimum Gasteiger partial charge on any atom is -0.469 e. The van der Waals surface area contributed by atoms with Gasteiger partial charge >= 0.3 is 5.97 Å². The van der Waals surface area contributed by atoms with Gasteiger partial charge in [0, 0.05) is 29.8 Å². The molecular formula is C22H26N2O3S. The molecule has 6 heteroatoms. The number of thiophene rings is 1. The number of aryl methyl sites for hydroxylation is 3. The zero-order valence-electron chi connectivity index (χ0n) is 16.9. The number of aromatic nitrogens is 2. The third kappa shape index (κ3) is 4.02. The van der Waals surface area contributed by atoms with Crippen LogP contribution in [-0.4, -0.2) is 22.6 Å². The molecule has 2 aromatic heterocycles. The Kier molecular flexibility index (Phi) is 6.29. The number of esters is 1. The zero-order chi connectivity index (χ0) is 20.3. The number of rotatable bonds is 7. The highest BCUT2D eigenvalue weighted by Crippen LogP contribution is 2.36. The number of carbonyl (C=O) groups excluding carboxylic acids is 1. The van der Waals surface area contributed by atoms with Gasteiger partial charge in [0.15, 0.2) is 0 Å². The van der Waals surface area contributed by atoms with Crippen molar-refractivity contribution in [2.24, 2.45) is 0 Å². The Hall–Kier alpha value is -2.47. The molecule has 148 valence electrons. The summed E-state index contributed by atoms with van der Waals surface area (Å²) in [5.41, 5.74) is 3.18. The number of ether oxygens (including phenoxy) is 1. The minimum absolute atomic E-state index is 0.0155. The lowest BCUT2D eigenvalue weighted by Crippen LogP contribution is -2.25. The lowest BCUT2D eigenvalue weighted by Gasteiger charge is -2.12. The summed E-state index contributed by atoms with van der Waals surface area (Å²) >= 11 is 1.57. The van der Waals surface area contributed by atoms with Gasteiger partial charge in [-0.3, -0.25) is 14.2 Å². The maximum atomic E-state index is 13.5. The summed E-state index contributed by atoms with van der Waals surface area (Å²) < 4.78 is 6.46. The second-order valence-electron chi connectivity index (χ2n) is 6.99. The predicted octanol–water partition coefficient (Wildman–Crippen LogP) is 4.65. The average Bonchev–Trinajstić information content (AvgIpc) is 3.01. The molecule has 0 fully saturated rings. The van der Waals surface area contributed by atoms with Gasteiger partial charge in [-0.15, -0.1) is 11.3 Å². The number of methoxy groups -OCH3 is 1. The second kappa shape index (κ2) is 8.69. The molecule has 0 atom stereocenters. The van der Waals surface area contributed by atoms with Crippen molar-refractivity contribution in [3.8, 4) is 11.1 Å². The molecule has 0 radical (unpaired) electrons. The summed E-state index contributed by atoms with van der Waals surface area (Å²) in [4.78, 5) is 31.6. The molecule has 1 aromatic carbocycles. The quantitative estimate of drug-likeness (QED) is 0.544. The van der Waals surface area contributed by atoms with Gasteiger partial charge in [0.25, 0.3) is 5.56 Å². The van der Waals surface area contributed by atoms with Crippen molar-refractivity contribution >= 4 is 27.5 Å². The third-order valence-electron chi connectivity index (χ3n) is 4.87. The zero-order valence-corrected chi connectivity index (χ0v) is 17.7. The fraction of sp³-hybridized carbons (Fsp3) is 0.409. The first-order chi connectivity index (χ1) is 13.5. The summed E-state index contributed by atoms with van der Waals surface area (Å²) in [5.74, 6) is 0.535. The number of carbonyl (C=O) groups is 1. The predicted molar refractivity (Wildman–Crippen MR) is 114 cm³/mol. The molecule has 0 spiro atoms. The summed E-state index contributed by atoms with van der Waals surface area (Å²) in [7, 11) is 1.38. The van der Waals surface area contributed by atoms with E-state index in [0.29, 0.717) is 24.8 Å². The topological polar surface area (TPSA) is 61.2 Å². The summed E-state index contributed by atoms with van der Waals surface area (Å²) in [6, 6.07) is 8.24. The maximum Gasteiger partial charge on any atom is 0.305 e. The van der Waals surface area contributed by atoms with Crippen LogP contribution in [0.2, 0.25) is 0 Å². The van der Waals surface area contributed by atoms with Crippen molar-refractivity contribution in [2.75, 3.05) is 7.11 Å². The Labute approximate surface area is 169 Å². The van der Waals surface area contributed by atoms with Crippen LogP contribution < -0.4 is 5.56 Å². The molecule has 2 heterocycles. The van der Waals surface area contributed by atoms with Gasteiger partial charge < -0.3 is 4.74 Å². The number of fused-ring (bicyclic) bond motifs is 1. The summed E-state index contributed by atoms with van der Waals surface area (Å²) in [6.45, 7) is 6.64. The Morgan fingerprint density at radius 1 is 1.21 bits per heavy atom. The van der Waals surface area contributed by atoms with Crippen molar-refractivity contribution in [1.29, 1.82) is 0 Å². The van der Waals surface area contributed by atoms with Gasteiger partial charge in [-0.2, -0.15) is 0 Å². The molecule has 0 unspecified atom stereocenters. The van der Waals surface area contributed by atoms with Crippen molar-refractivity contribution in [2.45, 2.75) is 53.0 Å². The van der Waals surface area contributed by atoms with Gasteiger partial charge in [-0.1, -0.05) is 36.8 Å². The van der Waals surface area contributed by atoms with Gasteiger partial charge in [0.2, 0.25) is 0 Å². The number of benzene rings is 1. The van der Waals surface area contributed by atoms with Crippen molar-refractivity contribution in [3.05, 3.63) is 50.9 Å². The highest BCUT2D eigenvalue weighted by atomic mass is 32.1. The van der Waals surface area contributed by atoms with Crippen molar-refractivity contribution in [1.82, 2.24) is 9.55 Å². The van der Waals surface area contributed by atoms with E-state index in [9.17, 15) is 9.59 Å². The molecule has 0 bridgehead atoms. The molecule has 3 rings (SSSR count). The van der Waals surface area contributed by atoms with E-state index in [1.165, 1.54) is 12.7 Å². The summed E-state index contributed by atoms with van der Waals surface area (Å²) in [5, 5.41) is 0.685. The molecule has 3 aromatic rings. The number of hydrogen-bond acceptors (Lipinski definition) is 5. The SMILES string of the molecule is CCCc1nc2sc(C)c(-c3ccc(C)cc3)c2c(=O)n1CCCC(=O)OC. The third-order valence-corrected chi connectivity index (χ3v) is 5.87. The molecule has 0 saturated heterocycles. The van der Waals surface area contributed by atoms with Crippen LogP contribution in [0.4, 0.5) is 0 Å².